The van der Waals surface area contributed by atoms with Crippen molar-refractivity contribution in [2.24, 2.45) is 4.99 Å². The standard InChI is InChI=1S/C22H29N3O4/c1-23-22(25-14-17-13-16-7-5-6-8-18(16)29-17)24-12-11-15-9-10-19(26-2)21(28-4)20(15)27-3/h5-10,17H,11-14H2,1-4H3,(H2,23,24,25). The van der Waals surface area contributed by atoms with Crippen molar-refractivity contribution >= 4 is 5.96 Å². The zero-order valence-corrected chi connectivity index (χ0v) is 17.5. The number of methoxy groups -OCH3 is 3. The molecule has 7 nitrogen and oxygen atoms in total. The predicted octanol–water partition coefficient (Wildman–Crippen LogP) is 2.42. The Bertz CT molecular complexity index is 829. The van der Waals surface area contributed by atoms with E-state index >= 15 is 0 Å². The Labute approximate surface area is 172 Å². The molecule has 1 aliphatic rings. The van der Waals surface area contributed by atoms with Crippen molar-refractivity contribution in [2.45, 2.75) is 18.9 Å². The first kappa shape index (κ1) is 20.6. The third kappa shape index (κ3) is 4.85. The smallest absolute Gasteiger partial charge is 0.203 e. The van der Waals surface area contributed by atoms with Crippen LogP contribution in [0.5, 0.6) is 23.0 Å². The number of hydrogen-bond acceptors (Lipinski definition) is 5. The SMILES string of the molecule is CN=C(NCCc1ccc(OC)c(OC)c1OC)NCC1Cc2ccccc2O1. The maximum atomic E-state index is 5.97. The van der Waals surface area contributed by atoms with Gasteiger partial charge in [-0.2, -0.15) is 0 Å². The van der Waals surface area contributed by atoms with Gasteiger partial charge in [0.25, 0.3) is 0 Å². The summed E-state index contributed by atoms with van der Waals surface area (Å²) in [5, 5.41) is 6.68. The number of nitrogens with zero attached hydrogens (tertiary/aromatic N) is 1. The van der Waals surface area contributed by atoms with Gasteiger partial charge in [-0.1, -0.05) is 24.3 Å². The zero-order chi connectivity index (χ0) is 20.6. The van der Waals surface area contributed by atoms with Gasteiger partial charge < -0.3 is 29.6 Å². The van der Waals surface area contributed by atoms with Gasteiger partial charge in [0, 0.05) is 25.6 Å². The molecule has 7 heteroatoms. The highest BCUT2D eigenvalue weighted by Crippen LogP contribution is 2.39. The fourth-order valence-corrected chi connectivity index (χ4v) is 3.47. The van der Waals surface area contributed by atoms with E-state index < -0.39 is 0 Å². The average molecular weight is 399 g/mol. The molecule has 0 saturated carbocycles. The van der Waals surface area contributed by atoms with E-state index in [1.807, 2.05) is 30.3 Å². The number of benzene rings is 2. The van der Waals surface area contributed by atoms with Crippen LogP contribution in [0.15, 0.2) is 41.4 Å². The highest BCUT2D eigenvalue weighted by Gasteiger charge is 2.22. The summed E-state index contributed by atoms with van der Waals surface area (Å²) in [6, 6.07) is 12.0. The quantitative estimate of drug-likeness (QED) is 0.525. The molecular weight excluding hydrogens is 370 g/mol. The minimum Gasteiger partial charge on any atom is -0.493 e. The fraction of sp³-hybridized carbons (Fsp3) is 0.409. The minimum atomic E-state index is 0.108. The van der Waals surface area contributed by atoms with E-state index in [1.165, 1.54) is 5.56 Å². The van der Waals surface area contributed by atoms with Gasteiger partial charge in [0.05, 0.1) is 27.9 Å². The predicted molar refractivity (Wildman–Crippen MR) is 114 cm³/mol. The molecule has 1 unspecified atom stereocenters. The van der Waals surface area contributed by atoms with Crippen molar-refractivity contribution in [3.05, 3.63) is 47.5 Å². The minimum absolute atomic E-state index is 0.108. The second kappa shape index (κ2) is 9.91. The summed E-state index contributed by atoms with van der Waals surface area (Å²) in [5.74, 6) is 3.66. The largest absolute Gasteiger partial charge is 0.493 e. The summed E-state index contributed by atoms with van der Waals surface area (Å²) >= 11 is 0. The van der Waals surface area contributed by atoms with E-state index in [1.54, 1.807) is 28.4 Å². The molecule has 0 radical (unpaired) electrons. The first-order valence-electron chi connectivity index (χ1n) is 9.67. The molecule has 1 atom stereocenters. The van der Waals surface area contributed by atoms with E-state index in [9.17, 15) is 0 Å². The third-order valence-corrected chi connectivity index (χ3v) is 4.91. The molecular formula is C22H29N3O4. The first-order chi connectivity index (χ1) is 14.2. The lowest BCUT2D eigenvalue weighted by molar-refractivity contribution is 0.235. The van der Waals surface area contributed by atoms with Gasteiger partial charge in [-0.15, -0.1) is 0 Å². The molecule has 0 aliphatic carbocycles. The van der Waals surface area contributed by atoms with Crippen LogP contribution in [0, 0.1) is 0 Å². The summed E-state index contributed by atoms with van der Waals surface area (Å²) < 4.78 is 22.3. The molecule has 2 aromatic rings. The van der Waals surface area contributed by atoms with Crippen LogP contribution >= 0.6 is 0 Å². The van der Waals surface area contributed by atoms with Crippen LogP contribution in [-0.4, -0.2) is 53.5 Å². The molecule has 0 saturated heterocycles. The van der Waals surface area contributed by atoms with Gasteiger partial charge in [-0.25, -0.2) is 0 Å². The van der Waals surface area contributed by atoms with Crippen LogP contribution in [0.1, 0.15) is 11.1 Å². The summed E-state index contributed by atoms with van der Waals surface area (Å²) in [6.45, 7) is 1.38. The third-order valence-electron chi connectivity index (χ3n) is 4.91. The van der Waals surface area contributed by atoms with Crippen molar-refractivity contribution < 1.29 is 18.9 Å². The zero-order valence-electron chi connectivity index (χ0n) is 17.5. The Balaban J connectivity index is 1.51. The Morgan fingerprint density at radius 2 is 1.83 bits per heavy atom. The molecule has 0 aromatic heterocycles. The molecule has 29 heavy (non-hydrogen) atoms. The first-order valence-corrected chi connectivity index (χ1v) is 9.67. The lowest BCUT2D eigenvalue weighted by Crippen LogP contribution is -2.42. The van der Waals surface area contributed by atoms with Crippen molar-refractivity contribution in [2.75, 3.05) is 41.5 Å². The van der Waals surface area contributed by atoms with E-state index in [2.05, 4.69) is 21.7 Å². The topological polar surface area (TPSA) is 73.3 Å². The van der Waals surface area contributed by atoms with Gasteiger partial charge in [0.15, 0.2) is 17.5 Å². The molecule has 0 fully saturated rings. The van der Waals surface area contributed by atoms with Crippen LogP contribution in [0.3, 0.4) is 0 Å². The average Bonchev–Trinajstić information content (AvgIpc) is 3.18. The summed E-state index contributed by atoms with van der Waals surface area (Å²) in [7, 11) is 6.61. The van der Waals surface area contributed by atoms with Gasteiger partial charge in [0.2, 0.25) is 5.75 Å². The summed E-state index contributed by atoms with van der Waals surface area (Å²) in [6.07, 6.45) is 1.76. The number of ether oxygens (including phenoxy) is 4. The van der Waals surface area contributed by atoms with Crippen molar-refractivity contribution in [3.63, 3.8) is 0 Å². The van der Waals surface area contributed by atoms with E-state index in [0.717, 1.165) is 30.1 Å². The highest BCUT2D eigenvalue weighted by atomic mass is 16.5. The maximum Gasteiger partial charge on any atom is 0.203 e. The fourth-order valence-electron chi connectivity index (χ4n) is 3.47. The van der Waals surface area contributed by atoms with Crippen LogP contribution in [0.4, 0.5) is 0 Å². The highest BCUT2D eigenvalue weighted by molar-refractivity contribution is 5.79. The normalized spacial score (nSPS) is 15.3. The Hall–Kier alpha value is -3.09. The molecule has 156 valence electrons. The molecule has 0 amide bonds. The summed E-state index contributed by atoms with van der Waals surface area (Å²) in [4.78, 5) is 4.30. The molecule has 3 rings (SSSR count). The Morgan fingerprint density at radius 1 is 1.03 bits per heavy atom. The van der Waals surface area contributed by atoms with Crippen LogP contribution < -0.4 is 29.6 Å². The molecule has 2 aromatic carbocycles. The van der Waals surface area contributed by atoms with E-state index in [4.69, 9.17) is 18.9 Å². The van der Waals surface area contributed by atoms with Crippen LogP contribution in [0.2, 0.25) is 0 Å². The molecule has 0 spiro atoms. The van der Waals surface area contributed by atoms with Crippen molar-refractivity contribution in [1.29, 1.82) is 0 Å². The second-order valence-corrected chi connectivity index (χ2v) is 6.68. The number of aliphatic imine (C=N–C) groups is 1. The van der Waals surface area contributed by atoms with Crippen LogP contribution in [-0.2, 0) is 12.8 Å². The maximum absolute atomic E-state index is 5.97. The number of rotatable bonds is 8. The number of para-hydroxylation sites is 1. The lowest BCUT2D eigenvalue weighted by Gasteiger charge is -2.17. The van der Waals surface area contributed by atoms with Crippen molar-refractivity contribution in [1.82, 2.24) is 10.6 Å². The number of hydrogen-bond donors (Lipinski definition) is 2. The van der Waals surface area contributed by atoms with Gasteiger partial charge in [-0.3, -0.25) is 4.99 Å². The molecule has 1 heterocycles. The van der Waals surface area contributed by atoms with Gasteiger partial charge in [0.1, 0.15) is 11.9 Å². The number of nitrogens with one attached hydrogen (secondary N) is 2. The number of fused-ring (bicyclic) bond motifs is 1. The van der Waals surface area contributed by atoms with Gasteiger partial charge >= 0.3 is 0 Å². The molecule has 2 N–H and O–H groups in total. The van der Waals surface area contributed by atoms with Crippen LogP contribution in [0.25, 0.3) is 0 Å². The molecule has 1 aliphatic heterocycles. The van der Waals surface area contributed by atoms with Gasteiger partial charge in [-0.05, 0) is 24.1 Å². The monoisotopic (exact) mass is 399 g/mol. The van der Waals surface area contributed by atoms with E-state index in [-0.39, 0.29) is 6.10 Å². The second-order valence-electron chi connectivity index (χ2n) is 6.68. The van der Waals surface area contributed by atoms with Crippen molar-refractivity contribution in [3.8, 4) is 23.0 Å². The Kier molecular flexibility index (Phi) is 7.05. The Morgan fingerprint density at radius 3 is 2.52 bits per heavy atom. The summed E-state index contributed by atoms with van der Waals surface area (Å²) in [5.41, 5.74) is 2.28. The molecule has 0 bridgehead atoms. The van der Waals surface area contributed by atoms with E-state index in [0.29, 0.717) is 30.3 Å². The lowest BCUT2D eigenvalue weighted by atomic mass is 10.1. The number of guanidine groups is 1.